The van der Waals surface area contributed by atoms with Crippen LogP contribution in [0.5, 0.6) is 0 Å². The first-order valence-corrected chi connectivity index (χ1v) is 7.82. The SMILES string of the molecule is C=CCOC1CNCCC1NC(=O)OC(C)(C)C.CCOC=O. The second-order valence-corrected chi connectivity index (χ2v) is 5.96. The number of carbonyl (C=O) groups excluding carboxylic acids is 2. The van der Waals surface area contributed by atoms with Crippen molar-refractivity contribution in [3.63, 3.8) is 0 Å². The monoisotopic (exact) mass is 330 g/mol. The molecule has 2 unspecified atom stereocenters. The normalized spacial score (nSPS) is 20.5. The molecule has 1 rings (SSSR count). The number of hydrogen-bond acceptors (Lipinski definition) is 6. The summed E-state index contributed by atoms with van der Waals surface area (Å²) in [6.45, 7) is 13.9. The van der Waals surface area contributed by atoms with Crippen LogP contribution in [0.2, 0.25) is 0 Å². The molecule has 0 aromatic carbocycles. The highest BCUT2D eigenvalue weighted by Crippen LogP contribution is 2.11. The Balaban J connectivity index is 0.000000841. The molecule has 0 aromatic rings. The molecular weight excluding hydrogens is 300 g/mol. The van der Waals surface area contributed by atoms with E-state index >= 15 is 0 Å². The van der Waals surface area contributed by atoms with Crippen LogP contribution in [0.4, 0.5) is 4.79 Å². The van der Waals surface area contributed by atoms with Crippen LogP contribution in [-0.4, -0.2) is 56.6 Å². The molecule has 1 aliphatic rings. The Hall–Kier alpha value is -1.60. The summed E-state index contributed by atoms with van der Waals surface area (Å²) in [4.78, 5) is 20.9. The molecule has 1 amide bonds. The molecule has 134 valence electrons. The van der Waals surface area contributed by atoms with Crippen molar-refractivity contribution in [3.05, 3.63) is 12.7 Å². The third-order valence-electron chi connectivity index (χ3n) is 2.79. The second-order valence-electron chi connectivity index (χ2n) is 5.96. The standard InChI is InChI=1S/C13H24N2O3.C3H6O2/c1-5-8-17-11-9-14-7-6-10(11)15-12(16)18-13(2,3)4;1-2-5-3-4/h5,10-11,14H,1,6-9H2,2-4H3,(H,15,16);3H,2H2,1H3. The van der Waals surface area contributed by atoms with Gasteiger partial charge in [0.25, 0.3) is 6.47 Å². The molecule has 0 spiro atoms. The van der Waals surface area contributed by atoms with Gasteiger partial charge in [0.05, 0.1) is 25.4 Å². The maximum absolute atomic E-state index is 11.7. The maximum Gasteiger partial charge on any atom is 0.407 e. The molecular formula is C16H30N2O5. The van der Waals surface area contributed by atoms with Gasteiger partial charge in [0.2, 0.25) is 0 Å². The summed E-state index contributed by atoms with van der Waals surface area (Å²) in [6, 6.07) is -0.0129. The van der Waals surface area contributed by atoms with E-state index in [1.165, 1.54) is 0 Å². The number of carbonyl (C=O) groups is 2. The van der Waals surface area contributed by atoms with Crippen molar-refractivity contribution in [1.82, 2.24) is 10.6 Å². The minimum Gasteiger partial charge on any atom is -0.468 e. The molecule has 0 bridgehead atoms. The Morgan fingerprint density at radius 2 is 2.13 bits per heavy atom. The molecule has 7 nitrogen and oxygen atoms in total. The van der Waals surface area contributed by atoms with Crippen LogP contribution in [0.3, 0.4) is 0 Å². The van der Waals surface area contributed by atoms with E-state index < -0.39 is 5.60 Å². The molecule has 1 heterocycles. The fourth-order valence-corrected chi connectivity index (χ4v) is 1.89. The number of amides is 1. The molecule has 2 atom stereocenters. The molecule has 0 radical (unpaired) electrons. The van der Waals surface area contributed by atoms with E-state index in [1.54, 1.807) is 13.0 Å². The quantitative estimate of drug-likeness (QED) is 0.569. The second kappa shape index (κ2) is 11.9. The Bertz CT molecular complexity index is 355. The summed E-state index contributed by atoms with van der Waals surface area (Å²) in [7, 11) is 0. The van der Waals surface area contributed by atoms with Gasteiger partial charge in [-0.15, -0.1) is 6.58 Å². The minimum absolute atomic E-state index is 0.0129. The van der Waals surface area contributed by atoms with Gasteiger partial charge < -0.3 is 24.8 Å². The Morgan fingerprint density at radius 1 is 1.43 bits per heavy atom. The lowest BCUT2D eigenvalue weighted by atomic mass is 10.0. The first-order chi connectivity index (χ1) is 10.8. The van der Waals surface area contributed by atoms with Gasteiger partial charge in [-0.1, -0.05) is 6.08 Å². The van der Waals surface area contributed by atoms with Gasteiger partial charge in [-0.25, -0.2) is 4.79 Å². The summed E-state index contributed by atoms with van der Waals surface area (Å²) in [5.74, 6) is 0. The molecule has 0 aromatic heterocycles. The Kier molecular flexibility index (Phi) is 11.1. The number of ether oxygens (including phenoxy) is 3. The first kappa shape index (κ1) is 21.4. The molecule has 1 fully saturated rings. The molecule has 2 N–H and O–H groups in total. The van der Waals surface area contributed by atoms with E-state index in [-0.39, 0.29) is 18.2 Å². The van der Waals surface area contributed by atoms with Gasteiger partial charge in [-0.3, -0.25) is 4.79 Å². The van der Waals surface area contributed by atoms with E-state index in [9.17, 15) is 9.59 Å². The van der Waals surface area contributed by atoms with Crippen LogP contribution in [0, 0.1) is 0 Å². The van der Waals surface area contributed by atoms with Gasteiger partial charge in [-0.05, 0) is 40.7 Å². The van der Waals surface area contributed by atoms with E-state index in [1.807, 2.05) is 20.8 Å². The topological polar surface area (TPSA) is 85.9 Å². The smallest absolute Gasteiger partial charge is 0.407 e. The summed E-state index contributed by atoms with van der Waals surface area (Å²) >= 11 is 0. The number of hydrogen-bond donors (Lipinski definition) is 2. The fraction of sp³-hybridized carbons (Fsp3) is 0.750. The van der Waals surface area contributed by atoms with Crippen molar-refractivity contribution in [2.75, 3.05) is 26.3 Å². The van der Waals surface area contributed by atoms with Crippen LogP contribution in [0.25, 0.3) is 0 Å². The lowest BCUT2D eigenvalue weighted by Crippen LogP contribution is -2.54. The highest BCUT2D eigenvalue weighted by Gasteiger charge is 2.28. The Morgan fingerprint density at radius 3 is 2.61 bits per heavy atom. The lowest BCUT2D eigenvalue weighted by Gasteiger charge is -2.33. The fourth-order valence-electron chi connectivity index (χ4n) is 1.89. The van der Waals surface area contributed by atoms with E-state index in [4.69, 9.17) is 9.47 Å². The van der Waals surface area contributed by atoms with Gasteiger partial charge in [0.15, 0.2) is 0 Å². The average molecular weight is 330 g/mol. The third-order valence-corrected chi connectivity index (χ3v) is 2.79. The highest BCUT2D eigenvalue weighted by atomic mass is 16.6. The predicted octanol–water partition coefficient (Wildman–Crippen LogP) is 1.62. The van der Waals surface area contributed by atoms with Crippen LogP contribution in [-0.2, 0) is 19.0 Å². The summed E-state index contributed by atoms with van der Waals surface area (Å²) < 4.78 is 15.0. The molecule has 1 aliphatic heterocycles. The number of piperidine rings is 1. The number of rotatable bonds is 6. The van der Waals surface area contributed by atoms with Crippen LogP contribution in [0.1, 0.15) is 34.1 Å². The highest BCUT2D eigenvalue weighted by molar-refractivity contribution is 5.68. The van der Waals surface area contributed by atoms with Crippen LogP contribution < -0.4 is 10.6 Å². The van der Waals surface area contributed by atoms with Crippen molar-refractivity contribution in [3.8, 4) is 0 Å². The molecule has 1 saturated heterocycles. The molecule has 0 saturated carbocycles. The van der Waals surface area contributed by atoms with Crippen molar-refractivity contribution in [1.29, 1.82) is 0 Å². The molecule has 23 heavy (non-hydrogen) atoms. The van der Waals surface area contributed by atoms with Crippen molar-refractivity contribution >= 4 is 12.6 Å². The Labute approximate surface area is 138 Å². The van der Waals surface area contributed by atoms with Gasteiger partial charge >= 0.3 is 6.09 Å². The third kappa shape index (κ3) is 11.6. The van der Waals surface area contributed by atoms with Crippen molar-refractivity contribution in [2.45, 2.75) is 51.9 Å². The van der Waals surface area contributed by atoms with E-state index in [0.717, 1.165) is 19.5 Å². The molecule has 7 heteroatoms. The largest absolute Gasteiger partial charge is 0.468 e. The number of nitrogens with one attached hydrogen (secondary N) is 2. The van der Waals surface area contributed by atoms with Gasteiger partial charge in [0, 0.05) is 6.54 Å². The maximum atomic E-state index is 11.7. The number of alkyl carbamates (subject to hydrolysis) is 1. The summed E-state index contributed by atoms with van der Waals surface area (Å²) in [6.07, 6.45) is 2.12. The average Bonchev–Trinajstić information content (AvgIpc) is 2.46. The summed E-state index contributed by atoms with van der Waals surface area (Å²) in [5, 5.41) is 6.12. The van der Waals surface area contributed by atoms with Crippen LogP contribution >= 0.6 is 0 Å². The predicted molar refractivity (Wildman–Crippen MR) is 88.3 cm³/mol. The van der Waals surface area contributed by atoms with Crippen molar-refractivity contribution < 1.29 is 23.8 Å². The minimum atomic E-state index is -0.478. The van der Waals surface area contributed by atoms with Crippen LogP contribution in [0.15, 0.2) is 12.7 Å². The molecule has 0 aliphatic carbocycles. The van der Waals surface area contributed by atoms with E-state index in [0.29, 0.717) is 19.7 Å². The zero-order valence-corrected chi connectivity index (χ0v) is 14.6. The van der Waals surface area contributed by atoms with Gasteiger partial charge in [-0.2, -0.15) is 0 Å². The first-order valence-electron chi connectivity index (χ1n) is 7.82. The zero-order chi connectivity index (χ0) is 17.7. The zero-order valence-electron chi connectivity index (χ0n) is 14.6. The van der Waals surface area contributed by atoms with E-state index in [2.05, 4.69) is 21.9 Å². The summed E-state index contributed by atoms with van der Waals surface area (Å²) in [5.41, 5.74) is -0.478. The lowest BCUT2D eigenvalue weighted by molar-refractivity contribution is -0.128. The van der Waals surface area contributed by atoms with Crippen molar-refractivity contribution in [2.24, 2.45) is 0 Å². The van der Waals surface area contributed by atoms with Gasteiger partial charge in [0.1, 0.15) is 5.60 Å².